The Balaban J connectivity index is 2.04. The second-order valence-corrected chi connectivity index (χ2v) is 5.53. The van der Waals surface area contributed by atoms with Crippen LogP contribution in [0.15, 0.2) is 34.6 Å². The van der Waals surface area contributed by atoms with Gasteiger partial charge in [-0.3, -0.25) is 10.7 Å². The van der Waals surface area contributed by atoms with Crippen LogP contribution in [0.4, 0.5) is 13.2 Å². The number of guanidine groups is 1. The van der Waals surface area contributed by atoms with Gasteiger partial charge in [0.25, 0.3) is 0 Å². The number of rotatable bonds is 1. The van der Waals surface area contributed by atoms with E-state index in [0.29, 0.717) is 24.9 Å². The molecule has 0 spiro atoms. The first-order valence-corrected chi connectivity index (χ1v) is 7.19. The molecular weight excluding hydrogens is 309 g/mol. The van der Waals surface area contributed by atoms with Crippen molar-refractivity contribution >= 4 is 5.96 Å². The lowest BCUT2D eigenvalue weighted by Crippen LogP contribution is -2.48. The van der Waals surface area contributed by atoms with E-state index in [1.165, 1.54) is 6.07 Å². The van der Waals surface area contributed by atoms with Crippen molar-refractivity contribution in [3.63, 3.8) is 0 Å². The number of aromatic nitrogens is 1. The summed E-state index contributed by atoms with van der Waals surface area (Å²) in [6, 6.07) is 2.22. The number of alkyl halides is 3. The van der Waals surface area contributed by atoms with Crippen molar-refractivity contribution < 1.29 is 13.2 Å². The molecule has 9 heteroatoms. The zero-order valence-electron chi connectivity index (χ0n) is 12.2. The number of halogens is 3. The highest BCUT2D eigenvalue weighted by Crippen LogP contribution is 2.36. The number of nitrogens with one attached hydrogen (secondary N) is 2. The molecule has 2 aliphatic rings. The minimum atomic E-state index is -4.49. The second-order valence-electron chi connectivity index (χ2n) is 5.53. The fourth-order valence-electron chi connectivity index (χ4n) is 2.88. The molecule has 0 aliphatic carbocycles. The maximum atomic E-state index is 12.7. The molecule has 0 bridgehead atoms. The van der Waals surface area contributed by atoms with E-state index in [0.717, 1.165) is 30.1 Å². The molecular formula is C14H17F3N6. The van der Waals surface area contributed by atoms with Gasteiger partial charge in [-0.1, -0.05) is 6.07 Å². The number of hydrogen-bond donors (Lipinski definition) is 4. The smallest absolute Gasteiger partial charge is 0.370 e. The predicted molar refractivity (Wildman–Crippen MR) is 79.0 cm³/mol. The Morgan fingerprint density at radius 1 is 1.17 bits per heavy atom. The Morgan fingerprint density at radius 3 is 2.57 bits per heavy atom. The molecule has 0 radical (unpaired) electrons. The normalized spacial score (nSPS) is 25.3. The molecule has 1 aromatic rings. The van der Waals surface area contributed by atoms with Gasteiger partial charge >= 0.3 is 6.18 Å². The summed E-state index contributed by atoms with van der Waals surface area (Å²) in [6.45, 7) is 1.48. The lowest BCUT2D eigenvalue weighted by molar-refractivity contribution is -0.141. The second kappa shape index (κ2) is 5.50. The summed E-state index contributed by atoms with van der Waals surface area (Å²) >= 11 is 0. The van der Waals surface area contributed by atoms with Crippen LogP contribution in [0, 0.1) is 0 Å². The molecule has 1 aromatic heterocycles. The van der Waals surface area contributed by atoms with Crippen LogP contribution in [0.25, 0.3) is 0 Å². The number of aliphatic imine (C=N–C) groups is 1. The molecule has 0 aromatic carbocycles. The molecule has 3 heterocycles. The van der Waals surface area contributed by atoms with Gasteiger partial charge in [0, 0.05) is 30.4 Å². The first kappa shape index (κ1) is 15.8. The summed E-state index contributed by atoms with van der Waals surface area (Å²) in [7, 11) is 0. The van der Waals surface area contributed by atoms with Gasteiger partial charge in [-0.2, -0.15) is 13.2 Å². The molecule has 0 saturated heterocycles. The van der Waals surface area contributed by atoms with Gasteiger partial charge in [0.1, 0.15) is 5.69 Å². The number of pyridine rings is 1. The van der Waals surface area contributed by atoms with E-state index in [9.17, 15) is 13.2 Å². The van der Waals surface area contributed by atoms with Crippen LogP contribution < -0.4 is 22.1 Å². The van der Waals surface area contributed by atoms with Gasteiger partial charge in [0.15, 0.2) is 11.6 Å². The van der Waals surface area contributed by atoms with Gasteiger partial charge in [0.05, 0.1) is 0 Å². The zero-order chi connectivity index (χ0) is 16.7. The Hall–Kier alpha value is -2.13. The highest BCUT2D eigenvalue weighted by molar-refractivity contribution is 5.82. The van der Waals surface area contributed by atoms with Crippen LogP contribution in [0.1, 0.15) is 24.1 Å². The van der Waals surface area contributed by atoms with Crippen LogP contribution in [0.3, 0.4) is 0 Å². The highest BCUT2D eigenvalue weighted by atomic mass is 19.4. The van der Waals surface area contributed by atoms with Crippen molar-refractivity contribution in [2.45, 2.75) is 24.7 Å². The maximum Gasteiger partial charge on any atom is 0.433 e. The zero-order valence-corrected chi connectivity index (χ0v) is 12.2. The van der Waals surface area contributed by atoms with Gasteiger partial charge in [-0.05, 0) is 24.6 Å². The van der Waals surface area contributed by atoms with E-state index in [2.05, 4.69) is 20.6 Å². The average molecular weight is 326 g/mol. The Kier molecular flexibility index (Phi) is 3.77. The third-order valence-corrected chi connectivity index (χ3v) is 4.00. The number of nitrogens with zero attached hydrogens (tertiary/aromatic N) is 2. The van der Waals surface area contributed by atoms with E-state index in [1.807, 2.05) is 0 Å². The van der Waals surface area contributed by atoms with Crippen LogP contribution >= 0.6 is 0 Å². The highest BCUT2D eigenvalue weighted by Gasteiger charge is 2.39. The summed E-state index contributed by atoms with van der Waals surface area (Å²) in [5, 5.41) is 6.25. The first-order chi connectivity index (χ1) is 10.8. The fraction of sp³-hybridized carbons (Fsp3) is 0.429. The quantitative estimate of drug-likeness (QED) is 0.611. The molecule has 1 unspecified atom stereocenters. The third-order valence-electron chi connectivity index (χ3n) is 4.00. The third kappa shape index (κ3) is 2.89. The fourth-order valence-corrected chi connectivity index (χ4v) is 2.88. The lowest BCUT2D eigenvalue weighted by Gasteiger charge is -2.34. The van der Waals surface area contributed by atoms with E-state index in [1.54, 1.807) is 0 Å². The molecule has 3 rings (SSSR count). The number of nitrogens with two attached hydrogens (primary N) is 2. The van der Waals surface area contributed by atoms with Gasteiger partial charge in [-0.15, -0.1) is 0 Å². The molecule has 2 aliphatic heterocycles. The molecule has 124 valence electrons. The largest absolute Gasteiger partial charge is 0.433 e. The van der Waals surface area contributed by atoms with Crippen molar-refractivity contribution in [3.05, 3.63) is 40.9 Å². The summed E-state index contributed by atoms with van der Waals surface area (Å²) in [6.07, 6.45) is -2.06. The predicted octanol–water partition coefficient (Wildman–Crippen LogP) is 0.767. The summed E-state index contributed by atoms with van der Waals surface area (Å²) in [5.74, 6) is 0.146. The van der Waals surface area contributed by atoms with Crippen LogP contribution in [0.2, 0.25) is 0 Å². The molecule has 0 fully saturated rings. The number of hydrogen-bond acceptors (Lipinski definition) is 6. The van der Waals surface area contributed by atoms with Crippen LogP contribution in [-0.2, 0) is 11.8 Å². The minimum Gasteiger partial charge on any atom is -0.370 e. The summed E-state index contributed by atoms with van der Waals surface area (Å²) in [4.78, 5) is 7.74. The van der Waals surface area contributed by atoms with E-state index < -0.39 is 17.5 Å². The summed E-state index contributed by atoms with van der Waals surface area (Å²) in [5.41, 5.74) is 12.0. The monoisotopic (exact) mass is 326 g/mol. The van der Waals surface area contributed by atoms with Crippen molar-refractivity contribution in [1.82, 2.24) is 15.6 Å². The van der Waals surface area contributed by atoms with E-state index in [4.69, 9.17) is 11.5 Å². The average Bonchev–Trinajstić information content (AvgIpc) is 2.72. The van der Waals surface area contributed by atoms with Gasteiger partial charge < -0.3 is 16.4 Å². The topological polar surface area (TPSA) is 101 Å². The summed E-state index contributed by atoms with van der Waals surface area (Å²) < 4.78 is 38.0. The Bertz CT molecular complexity index is 664. The molecule has 6 nitrogen and oxygen atoms in total. The molecule has 6 N–H and O–H groups in total. The van der Waals surface area contributed by atoms with Crippen molar-refractivity contribution in [3.8, 4) is 0 Å². The molecule has 0 amide bonds. The molecule has 23 heavy (non-hydrogen) atoms. The van der Waals surface area contributed by atoms with Gasteiger partial charge in [0.2, 0.25) is 0 Å². The van der Waals surface area contributed by atoms with E-state index >= 15 is 0 Å². The van der Waals surface area contributed by atoms with E-state index in [-0.39, 0.29) is 5.96 Å². The van der Waals surface area contributed by atoms with Crippen molar-refractivity contribution in [2.24, 2.45) is 16.5 Å². The van der Waals surface area contributed by atoms with Crippen LogP contribution in [0.5, 0.6) is 0 Å². The SMILES string of the molecule is NC1=NC(N)(c2ccc(C(F)(F)F)nc2)C2=C(CCNCC2)N1. The van der Waals surface area contributed by atoms with Crippen LogP contribution in [-0.4, -0.2) is 24.0 Å². The standard InChI is InChI=1S/C14H17F3N6/c15-14(16,17)11-2-1-8(7-21-11)13(19)9-3-5-20-6-4-10(9)22-12(18)23-13/h1-2,7,20H,3-6,19H2,(H3,18,22,23). The first-order valence-electron chi connectivity index (χ1n) is 7.19. The minimum absolute atomic E-state index is 0.146. The Labute approximate surface area is 130 Å². The maximum absolute atomic E-state index is 12.7. The molecule has 0 saturated carbocycles. The van der Waals surface area contributed by atoms with Crippen molar-refractivity contribution in [2.75, 3.05) is 13.1 Å². The molecule has 1 atom stereocenters. The van der Waals surface area contributed by atoms with Crippen molar-refractivity contribution in [1.29, 1.82) is 0 Å². The van der Waals surface area contributed by atoms with Gasteiger partial charge in [-0.25, -0.2) is 4.99 Å². The lowest BCUT2D eigenvalue weighted by atomic mass is 9.88. The Morgan fingerprint density at radius 2 is 1.91 bits per heavy atom.